The number of halogens is 1. The lowest BCUT2D eigenvalue weighted by molar-refractivity contribution is -0.0537. The molecule has 0 amide bonds. The molecule has 182 valence electrons. The molecule has 1 aliphatic heterocycles. The Morgan fingerprint density at radius 3 is 2.62 bits per heavy atom. The normalized spacial score (nSPS) is 15.8. The number of hydrogen-bond acceptors (Lipinski definition) is 6. The van der Waals surface area contributed by atoms with Crippen LogP contribution in [0.15, 0.2) is 54.9 Å². The predicted molar refractivity (Wildman–Crippen MR) is 132 cm³/mol. The number of ether oxygens (including phenoxy) is 3. The monoisotopic (exact) mass is 485 g/mol. The van der Waals surface area contributed by atoms with Gasteiger partial charge in [0.15, 0.2) is 11.5 Å². The van der Waals surface area contributed by atoms with Crippen LogP contribution in [0.2, 0.25) is 5.02 Å². The molecule has 8 heteroatoms. The summed E-state index contributed by atoms with van der Waals surface area (Å²) in [5.74, 6) is 2.12. The van der Waals surface area contributed by atoms with Crippen molar-refractivity contribution >= 4 is 11.6 Å². The highest BCUT2D eigenvalue weighted by atomic mass is 35.5. The second-order valence-electron chi connectivity index (χ2n) is 8.86. The fourth-order valence-electron chi connectivity index (χ4n) is 4.07. The summed E-state index contributed by atoms with van der Waals surface area (Å²) in [5, 5.41) is 15.9. The molecule has 4 rings (SSSR count). The van der Waals surface area contributed by atoms with Crippen LogP contribution in [0.3, 0.4) is 0 Å². The van der Waals surface area contributed by atoms with E-state index in [0.29, 0.717) is 42.5 Å². The predicted octanol–water partition coefficient (Wildman–Crippen LogP) is 4.34. The summed E-state index contributed by atoms with van der Waals surface area (Å²) in [6.07, 6.45) is 5.13. The van der Waals surface area contributed by atoms with Crippen LogP contribution in [0.5, 0.6) is 17.2 Å². The van der Waals surface area contributed by atoms with E-state index in [2.05, 4.69) is 16.1 Å². The highest BCUT2D eigenvalue weighted by molar-refractivity contribution is 6.30. The average molecular weight is 486 g/mol. The molecule has 1 saturated heterocycles. The summed E-state index contributed by atoms with van der Waals surface area (Å²) >= 11 is 6.01. The highest BCUT2D eigenvalue weighted by Crippen LogP contribution is 2.30. The third kappa shape index (κ3) is 6.65. The molecule has 1 N–H and O–H groups in total. The molecule has 0 aliphatic carbocycles. The first kappa shape index (κ1) is 24.4. The van der Waals surface area contributed by atoms with Crippen LogP contribution < -0.4 is 14.2 Å². The lowest BCUT2D eigenvalue weighted by Crippen LogP contribution is -2.47. The van der Waals surface area contributed by atoms with E-state index in [1.807, 2.05) is 48.3 Å². The van der Waals surface area contributed by atoms with Crippen molar-refractivity contribution in [2.75, 3.05) is 33.4 Å². The van der Waals surface area contributed by atoms with Gasteiger partial charge >= 0.3 is 0 Å². The number of nitrogens with zero attached hydrogens (tertiary/aromatic N) is 3. The molecule has 0 atom stereocenters. The van der Waals surface area contributed by atoms with E-state index in [4.69, 9.17) is 25.8 Å². The third-order valence-corrected chi connectivity index (χ3v) is 6.30. The smallest absolute Gasteiger partial charge is 0.161 e. The van der Waals surface area contributed by atoms with Crippen LogP contribution in [-0.4, -0.2) is 58.8 Å². The molecule has 34 heavy (non-hydrogen) atoms. The quantitative estimate of drug-likeness (QED) is 0.460. The van der Waals surface area contributed by atoms with E-state index in [1.165, 1.54) is 0 Å². The lowest BCUT2D eigenvalue weighted by Gasteiger charge is -2.38. The topological polar surface area (TPSA) is 69.0 Å². The maximum absolute atomic E-state index is 11.0. The van der Waals surface area contributed by atoms with Crippen molar-refractivity contribution in [1.82, 2.24) is 14.7 Å². The standard InChI is InChI=1S/C26H32ClN3O4/c1-20-16-28-30(17-20)12-13-33-25-14-21(6-7-24(25)32-2)18-29-10-8-26(31,9-11-29)19-34-23-5-3-4-22(27)15-23/h3-7,14-17,31H,8-13,18-19H2,1-2H3. The number of aliphatic hydroxyl groups is 1. The Bertz CT molecular complexity index is 1080. The number of aromatic nitrogens is 2. The van der Waals surface area contributed by atoms with Gasteiger partial charge in [0.2, 0.25) is 0 Å². The molecule has 0 radical (unpaired) electrons. The number of aryl methyl sites for hydroxylation is 1. The molecule has 3 aromatic rings. The summed E-state index contributed by atoms with van der Waals surface area (Å²) in [7, 11) is 1.65. The molecular formula is C26H32ClN3O4. The minimum Gasteiger partial charge on any atom is -0.493 e. The van der Waals surface area contributed by atoms with Crippen molar-refractivity contribution < 1.29 is 19.3 Å². The van der Waals surface area contributed by atoms with Crippen molar-refractivity contribution in [2.45, 2.75) is 38.5 Å². The number of likely N-dealkylation sites (tertiary alicyclic amines) is 1. The van der Waals surface area contributed by atoms with Crippen LogP contribution in [0.1, 0.15) is 24.0 Å². The summed E-state index contributed by atoms with van der Waals surface area (Å²) in [6, 6.07) is 13.3. The Hall–Kier alpha value is -2.74. The van der Waals surface area contributed by atoms with Gasteiger partial charge in [-0.25, -0.2) is 0 Å². The number of methoxy groups -OCH3 is 1. The zero-order valence-corrected chi connectivity index (χ0v) is 20.5. The van der Waals surface area contributed by atoms with Crippen molar-refractivity contribution in [3.63, 3.8) is 0 Å². The van der Waals surface area contributed by atoms with Gasteiger partial charge in [-0.3, -0.25) is 9.58 Å². The van der Waals surface area contributed by atoms with Crippen LogP contribution in [-0.2, 0) is 13.1 Å². The number of hydrogen-bond donors (Lipinski definition) is 1. The third-order valence-electron chi connectivity index (χ3n) is 6.06. The second kappa shape index (κ2) is 11.1. The summed E-state index contributed by atoms with van der Waals surface area (Å²) in [5.41, 5.74) is 1.44. The van der Waals surface area contributed by atoms with Gasteiger partial charge in [-0.15, -0.1) is 0 Å². The molecule has 0 bridgehead atoms. The van der Waals surface area contributed by atoms with E-state index in [9.17, 15) is 5.11 Å². The fraction of sp³-hybridized carbons (Fsp3) is 0.423. The van der Waals surface area contributed by atoms with Gasteiger partial charge in [0.25, 0.3) is 0 Å². The van der Waals surface area contributed by atoms with E-state index in [1.54, 1.807) is 19.2 Å². The number of piperidine rings is 1. The first-order valence-electron chi connectivity index (χ1n) is 11.5. The zero-order chi connectivity index (χ0) is 24.0. The first-order valence-corrected chi connectivity index (χ1v) is 11.9. The van der Waals surface area contributed by atoms with Gasteiger partial charge in [-0.2, -0.15) is 5.10 Å². The molecule has 0 unspecified atom stereocenters. The van der Waals surface area contributed by atoms with Crippen LogP contribution in [0.25, 0.3) is 0 Å². The molecule has 0 spiro atoms. The molecule has 7 nitrogen and oxygen atoms in total. The first-order chi connectivity index (χ1) is 16.4. The van der Waals surface area contributed by atoms with E-state index in [-0.39, 0.29) is 6.61 Å². The number of rotatable bonds is 10. The maximum atomic E-state index is 11.0. The van der Waals surface area contributed by atoms with E-state index in [0.717, 1.165) is 36.5 Å². The minimum absolute atomic E-state index is 0.261. The van der Waals surface area contributed by atoms with Crippen molar-refractivity contribution in [3.05, 3.63) is 71.0 Å². The van der Waals surface area contributed by atoms with E-state index < -0.39 is 5.60 Å². The summed E-state index contributed by atoms with van der Waals surface area (Å²) in [6.45, 7) is 5.81. The lowest BCUT2D eigenvalue weighted by atomic mass is 9.92. The molecule has 0 saturated carbocycles. The molecule has 2 heterocycles. The fourth-order valence-corrected chi connectivity index (χ4v) is 4.26. The molecular weight excluding hydrogens is 454 g/mol. The molecule has 1 aromatic heterocycles. The Kier molecular flexibility index (Phi) is 7.98. The largest absolute Gasteiger partial charge is 0.493 e. The van der Waals surface area contributed by atoms with Gasteiger partial charge in [0, 0.05) is 30.9 Å². The molecule has 1 fully saturated rings. The van der Waals surface area contributed by atoms with Crippen molar-refractivity contribution in [2.24, 2.45) is 0 Å². The minimum atomic E-state index is -0.835. The maximum Gasteiger partial charge on any atom is 0.161 e. The number of benzene rings is 2. The summed E-state index contributed by atoms with van der Waals surface area (Å²) in [4.78, 5) is 2.34. The van der Waals surface area contributed by atoms with Crippen molar-refractivity contribution in [1.29, 1.82) is 0 Å². The average Bonchev–Trinajstić information content (AvgIpc) is 3.25. The Morgan fingerprint density at radius 1 is 1.09 bits per heavy atom. The van der Waals surface area contributed by atoms with E-state index >= 15 is 0 Å². The van der Waals surface area contributed by atoms with Gasteiger partial charge < -0.3 is 19.3 Å². The van der Waals surface area contributed by atoms with Gasteiger partial charge in [0.1, 0.15) is 24.6 Å². The van der Waals surface area contributed by atoms with Gasteiger partial charge in [0.05, 0.1) is 19.9 Å². The molecule has 2 aromatic carbocycles. The second-order valence-corrected chi connectivity index (χ2v) is 9.30. The Morgan fingerprint density at radius 2 is 1.91 bits per heavy atom. The Balaban J connectivity index is 1.28. The van der Waals surface area contributed by atoms with Crippen molar-refractivity contribution in [3.8, 4) is 17.2 Å². The highest BCUT2D eigenvalue weighted by Gasteiger charge is 2.33. The molecule has 1 aliphatic rings. The summed E-state index contributed by atoms with van der Waals surface area (Å²) < 4.78 is 19.2. The van der Waals surface area contributed by atoms with Crippen LogP contribution in [0.4, 0.5) is 0 Å². The van der Waals surface area contributed by atoms with Crippen LogP contribution >= 0.6 is 11.6 Å². The Labute approximate surface area is 205 Å². The zero-order valence-electron chi connectivity index (χ0n) is 19.7. The van der Waals surface area contributed by atoms with Gasteiger partial charge in [-0.1, -0.05) is 23.7 Å². The van der Waals surface area contributed by atoms with Crippen LogP contribution in [0, 0.1) is 6.92 Å². The SMILES string of the molecule is COc1ccc(CN2CCC(O)(COc3cccc(Cl)c3)CC2)cc1OCCn1cc(C)cn1. The van der Waals surface area contributed by atoms with Gasteiger partial charge in [-0.05, 0) is 61.2 Å².